The van der Waals surface area contributed by atoms with Crippen molar-refractivity contribution in [3.63, 3.8) is 0 Å². The van der Waals surface area contributed by atoms with Gasteiger partial charge in [0, 0.05) is 19.1 Å². The van der Waals surface area contributed by atoms with Gasteiger partial charge in [0.05, 0.1) is 12.6 Å². The highest BCUT2D eigenvalue weighted by Gasteiger charge is 2.14. The fourth-order valence-electron chi connectivity index (χ4n) is 1.53. The minimum absolute atomic E-state index is 0.261. The van der Waals surface area contributed by atoms with Crippen molar-refractivity contribution < 1.29 is 4.74 Å². The lowest BCUT2D eigenvalue weighted by Crippen LogP contribution is -2.31. The minimum Gasteiger partial charge on any atom is -0.380 e. The lowest BCUT2D eigenvalue weighted by molar-refractivity contribution is 0.126. The van der Waals surface area contributed by atoms with Crippen molar-refractivity contribution in [3.8, 4) is 0 Å². The fourth-order valence-corrected chi connectivity index (χ4v) is 1.95. The van der Waals surface area contributed by atoms with Crippen LogP contribution in [0, 0.1) is 5.92 Å². The first-order valence-corrected chi connectivity index (χ1v) is 7.23. The van der Waals surface area contributed by atoms with Gasteiger partial charge < -0.3 is 10.1 Å². The number of ether oxygens (including phenoxy) is 1. The molecule has 1 aromatic heterocycles. The second-order valence-electron chi connectivity index (χ2n) is 4.50. The zero-order valence-electron chi connectivity index (χ0n) is 11.5. The first-order valence-electron chi connectivity index (χ1n) is 6.44. The van der Waals surface area contributed by atoms with Crippen molar-refractivity contribution in [1.82, 2.24) is 9.97 Å². The first-order chi connectivity index (χ1) is 8.56. The molecule has 1 heterocycles. The minimum atomic E-state index is 0.261. The maximum absolute atomic E-state index is 5.50. The second kappa shape index (κ2) is 7.69. The highest BCUT2D eigenvalue weighted by atomic mass is 79.9. The quantitative estimate of drug-likeness (QED) is 0.784. The van der Waals surface area contributed by atoms with Crippen LogP contribution in [0.2, 0.25) is 0 Å². The average Bonchev–Trinajstić information content (AvgIpc) is 2.33. The predicted molar refractivity (Wildman–Crippen MR) is 77.9 cm³/mol. The van der Waals surface area contributed by atoms with Crippen molar-refractivity contribution in [2.75, 3.05) is 18.5 Å². The van der Waals surface area contributed by atoms with E-state index in [1.165, 1.54) is 0 Å². The number of rotatable bonds is 7. The zero-order valence-corrected chi connectivity index (χ0v) is 13.1. The number of hydrogen-bond acceptors (Lipinski definition) is 4. The van der Waals surface area contributed by atoms with Gasteiger partial charge in [-0.15, -0.1) is 0 Å². The Kier molecular flexibility index (Phi) is 6.57. The van der Waals surface area contributed by atoms with Gasteiger partial charge in [-0.3, -0.25) is 0 Å². The summed E-state index contributed by atoms with van der Waals surface area (Å²) in [4.78, 5) is 8.78. The maximum atomic E-state index is 5.50. The van der Waals surface area contributed by atoms with Gasteiger partial charge in [-0.05, 0) is 28.8 Å². The number of aryl methyl sites for hydroxylation is 1. The van der Waals surface area contributed by atoms with E-state index in [1.807, 2.05) is 19.9 Å². The van der Waals surface area contributed by atoms with Crippen LogP contribution >= 0.6 is 15.9 Å². The van der Waals surface area contributed by atoms with Crippen molar-refractivity contribution in [1.29, 1.82) is 0 Å². The molecule has 0 aliphatic heterocycles. The number of nitrogens with zero attached hydrogens (tertiary/aromatic N) is 2. The van der Waals surface area contributed by atoms with Crippen molar-refractivity contribution in [2.24, 2.45) is 5.92 Å². The van der Waals surface area contributed by atoms with Crippen molar-refractivity contribution in [2.45, 2.75) is 40.2 Å². The molecule has 0 aliphatic rings. The van der Waals surface area contributed by atoms with E-state index in [0.717, 1.165) is 29.3 Å². The predicted octanol–water partition coefficient (Wildman–Crippen LogP) is 3.27. The molecule has 1 atom stereocenters. The molecule has 0 saturated heterocycles. The Morgan fingerprint density at radius 1 is 1.33 bits per heavy atom. The molecule has 0 radical (unpaired) electrons. The molecule has 5 heteroatoms. The molecule has 0 spiro atoms. The molecule has 4 nitrogen and oxygen atoms in total. The number of nitrogens with one attached hydrogen (secondary N) is 1. The molecule has 1 rings (SSSR count). The molecular formula is C13H22BrN3O. The smallest absolute Gasteiger partial charge is 0.131 e. The highest BCUT2D eigenvalue weighted by molar-refractivity contribution is 9.10. The standard InChI is InChI=1S/C13H22BrN3O/c1-5-12-16-11(14)7-13(17-12)15-10(9(3)4)8-18-6-2/h7,9-10H,5-6,8H2,1-4H3,(H,15,16,17). The van der Waals surface area contributed by atoms with Crippen LogP contribution < -0.4 is 5.32 Å². The third-order valence-electron chi connectivity index (χ3n) is 2.70. The van der Waals surface area contributed by atoms with Gasteiger partial charge in [0.25, 0.3) is 0 Å². The van der Waals surface area contributed by atoms with Crippen molar-refractivity contribution in [3.05, 3.63) is 16.5 Å². The molecule has 18 heavy (non-hydrogen) atoms. The van der Waals surface area contributed by atoms with E-state index >= 15 is 0 Å². The van der Waals surface area contributed by atoms with E-state index in [9.17, 15) is 0 Å². The Bertz CT molecular complexity index is 371. The zero-order chi connectivity index (χ0) is 13.5. The molecule has 102 valence electrons. The lowest BCUT2D eigenvalue weighted by atomic mass is 10.1. The Balaban J connectivity index is 2.76. The number of aromatic nitrogens is 2. The molecule has 1 aromatic rings. The van der Waals surface area contributed by atoms with Crippen LogP contribution in [0.1, 0.15) is 33.5 Å². The Hall–Kier alpha value is -0.680. The van der Waals surface area contributed by atoms with E-state index in [1.54, 1.807) is 0 Å². The Morgan fingerprint density at radius 2 is 2.06 bits per heavy atom. The summed E-state index contributed by atoms with van der Waals surface area (Å²) in [5.74, 6) is 2.17. The van der Waals surface area contributed by atoms with Crippen LogP contribution in [0.5, 0.6) is 0 Å². The first kappa shape index (κ1) is 15.4. The lowest BCUT2D eigenvalue weighted by Gasteiger charge is -2.22. The van der Waals surface area contributed by atoms with Crippen molar-refractivity contribution >= 4 is 21.7 Å². The van der Waals surface area contributed by atoms with E-state index in [4.69, 9.17) is 4.74 Å². The van der Waals surface area contributed by atoms with Crippen LogP contribution in [0.15, 0.2) is 10.7 Å². The molecule has 0 aliphatic carbocycles. The third kappa shape index (κ3) is 4.90. The van der Waals surface area contributed by atoms with E-state index in [2.05, 4.69) is 45.1 Å². The SMILES string of the molecule is CCOCC(Nc1cc(Br)nc(CC)n1)C(C)C. The Morgan fingerprint density at radius 3 is 2.61 bits per heavy atom. The van der Waals surface area contributed by atoms with Gasteiger partial charge in [-0.25, -0.2) is 9.97 Å². The summed E-state index contributed by atoms with van der Waals surface area (Å²) >= 11 is 3.41. The maximum Gasteiger partial charge on any atom is 0.131 e. The fraction of sp³-hybridized carbons (Fsp3) is 0.692. The summed E-state index contributed by atoms with van der Waals surface area (Å²) in [6.07, 6.45) is 0.825. The Labute approximate surface area is 118 Å². The van der Waals surface area contributed by atoms with Crippen LogP contribution in [-0.4, -0.2) is 29.2 Å². The van der Waals surface area contributed by atoms with Gasteiger partial charge in [-0.2, -0.15) is 0 Å². The number of halogens is 1. The molecule has 0 aromatic carbocycles. The second-order valence-corrected chi connectivity index (χ2v) is 5.31. The van der Waals surface area contributed by atoms with Crippen LogP contribution in [0.4, 0.5) is 5.82 Å². The monoisotopic (exact) mass is 315 g/mol. The van der Waals surface area contributed by atoms with E-state index < -0.39 is 0 Å². The van der Waals surface area contributed by atoms with Gasteiger partial charge in [-0.1, -0.05) is 20.8 Å². The van der Waals surface area contributed by atoms with Crippen LogP contribution in [-0.2, 0) is 11.2 Å². The molecule has 0 saturated carbocycles. The summed E-state index contributed by atoms with van der Waals surface area (Å²) in [7, 11) is 0. The van der Waals surface area contributed by atoms with E-state index in [-0.39, 0.29) is 6.04 Å². The molecule has 1 N–H and O–H groups in total. The highest BCUT2D eigenvalue weighted by Crippen LogP contribution is 2.16. The molecule has 1 unspecified atom stereocenters. The normalized spacial score (nSPS) is 12.8. The van der Waals surface area contributed by atoms with Gasteiger partial charge in [0.2, 0.25) is 0 Å². The van der Waals surface area contributed by atoms with Crippen LogP contribution in [0.25, 0.3) is 0 Å². The number of hydrogen-bond donors (Lipinski definition) is 1. The molecule has 0 bridgehead atoms. The largest absolute Gasteiger partial charge is 0.380 e. The van der Waals surface area contributed by atoms with E-state index in [0.29, 0.717) is 12.5 Å². The summed E-state index contributed by atoms with van der Waals surface area (Å²) in [5.41, 5.74) is 0. The molecule has 0 fully saturated rings. The summed E-state index contributed by atoms with van der Waals surface area (Å²) in [5, 5.41) is 3.42. The third-order valence-corrected chi connectivity index (χ3v) is 3.10. The van der Waals surface area contributed by atoms with Crippen LogP contribution in [0.3, 0.4) is 0 Å². The summed E-state index contributed by atoms with van der Waals surface area (Å²) in [6.45, 7) is 9.83. The summed E-state index contributed by atoms with van der Waals surface area (Å²) in [6, 6.07) is 2.16. The number of anilines is 1. The summed E-state index contributed by atoms with van der Waals surface area (Å²) < 4.78 is 6.31. The molecular weight excluding hydrogens is 294 g/mol. The molecule has 0 amide bonds. The van der Waals surface area contributed by atoms with Gasteiger partial charge in [0.15, 0.2) is 0 Å². The van der Waals surface area contributed by atoms with Gasteiger partial charge >= 0.3 is 0 Å². The average molecular weight is 316 g/mol. The van der Waals surface area contributed by atoms with Gasteiger partial charge in [0.1, 0.15) is 16.2 Å². The topological polar surface area (TPSA) is 47.0 Å².